The van der Waals surface area contributed by atoms with Crippen LogP contribution in [0.25, 0.3) is 0 Å². The lowest BCUT2D eigenvalue weighted by Gasteiger charge is -2.14. The molecule has 0 aromatic heterocycles. The molecule has 0 spiro atoms. The fraction of sp³-hybridized carbons (Fsp3) is 0.571. The Kier molecular flexibility index (Phi) is 8.87. The van der Waals surface area contributed by atoms with Crippen molar-refractivity contribution in [2.24, 2.45) is 5.92 Å². The monoisotopic (exact) mass is 224 g/mol. The van der Waals surface area contributed by atoms with Crippen LogP contribution >= 0.6 is 0 Å². The smallest absolute Gasteiger partial charge is 0.0642 e. The molecule has 0 amide bonds. The minimum absolute atomic E-state index is 0.0327. The van der Waals surface area contributed by atoms with E-state index < -0.39 is 0 Å². The zero-order chi connectivity index (χ0) is 12.4. The Labute approximate surface area is 99.0 Å². The van der Waals surface area contributed by atoms with Gasteiger partial charge in [-0.05, 0) is 44.1 Å². The van der Waals surface area contributed by atoms with Gasteiger partial charge in [-0.1, -0.05) is 24.3 Å². The molecule has 0 aromatic rings. The zero-order valence-corrected chi connectivity index (χ0v) is 10.3. The first-order chi connectivity index (χ1) is 7.65. The quantitative estimate of drug-likeness (QED) is 0.591. The molecule has 0 saturated carbocycles. The van der Waals surface area contributed by atoms with Gasteiger partial charge in [0.1, 0.15) is 0 Å². The number of aliphatic hydroxyl groups excluding tert-OH is 2. The van der Waals surface area contributed by atoms with E-state index in [0.717, 1.165) is 24.8 Å². The van der Waals surface area contributed by atoms with E-state index in [2.05, 4.69) is 13.2 Å². The Bertz CT molecular complexity index is 241. The van der Waals surface area contributed by atoms with Crippen LogP contribution in [-0.4, -0.2) is 23.4 Å². The van der Waals surface area contributed by atoms with E-state index in [-0.39, 0.29) is 13.2 Å². The van der Waals surface area contributed by atoms with Crippen LogP contribution in [0.4, 0.5) is 0 Å². The third kappa shape index (κ3) is 6.59. The molecule has 0 aliphatic rings. The van der Waals surface area contributed by atoms with Gasteiger partial charge in [0.15, 0.2) is 0 Å². The molecular formula is C14H24O2. The number of aliphatic hydroxyl groups is 2. The van der Waals surface area contributed by atoms with E-state index in [1.54, 1.807) is 0 Å². The molecule has 92 valence electrons. The average molecular weight is 224 g/mol. The predicted octanol–water partition coefficient (Wildman–Crippen LogP) is 2.84. The molecule has 2 nitrogen and oxygen atoms in total. The molecule has 16 heavy (non-hydrogen) atoms. The van der Waals surface area contributed by atoms with E-state index in [1.807, 2.05) is 19.1 Å². The van der Waals surface area contributed by atoms with Crippen LogP contribution in [0.2, 0.25) is 0 Å². The summed E-state index contributed by atoms with van der Waals surface area (Å²) in [6.45, 7) is 9.86. The van der Waals surface area contributed by atoms with Crippen molar-refractivity contribution < 1.29 is 10.2 Å². The zero-order valence-electron chi connectivity index (χ0n) is 10.3. The van der Waals surface area contributed by atoms with Gasteiger partial charge in [0.25, 0.3) is 0 Å². The van der Waals surface area contributed by atoms with Gasteiger partial charge in [0.2, 0.25) is 0 Å². The summed E-state index contributed by atoms with van der Waals surface area (Å²) in [6.07, 6.45) is 7.42. The van der Waals surface area contributed by atoms with E-state index >= 15 is 0 Å². The fourth-order valence-electron chi connectivity index (χ4n) is 1.58. The van der Waals surface area contributed by atoms with Gasteiger partial charge in [0.05, 0.1) is 6.61 Å². The van der Waals surface area contributed by atoms with Gasteiger partial charge in [-0.25, -0.2) is 0 Å². The molecular weight excluding hydrogens is 200 g/mol. The average Bonchev–Trinajstić information content (AvgIpc) is 2.27. The first-order valence-electron chi connectivity index (χ1n) is 5.81. The second-order valence-electron chi connectivity index (χ2n) is 4.14. The van der Waals surface area contributed by atoms with Gasteiger partial charge >= 0.3 is 0 Å². The first-order valence-corrected chi connectivity index (χ1v) is 5.81. The summed E-state index contributed by atoms with van der Waals surface area (Å²) >= 11 is 0. The molecule has 0 aliphatic carbocycles. The van der Waals surface area contributed by atoms with Crippen molar-refractivity contribution in [3.63, 3.8) is 0 Å². The highest BCUT2D eigenvalue weighted by atomic mass is 16.3. The van der Waals surface area contributed by atoms with Gasteiger partial charge < -0.3 is 10.2 Å². The van der Waals surface area contributed by atoms with Crippen LogP contribution in [0.1, 0.15) is 32.6 Å². The van der Waals surface area contributed by atoms with E-state index in [1.165, 1.54) is 5.57 Å². The maximum atomic E-state index is 9.07. The lowest BCUT2D eigenvalue weighted by molar-refractivity contribution is 0.278. The van der Waals surface area contributed by atoms with Crippen LogP contribution in [0.3, 0.4) is 0 Å². The van der Waals surface area contributed by atoms with Gasteiger partial charge in [-0.15, -0.1) is 6.58 Å². The van der Waals surface area contributed by atoms with E-state index in [0.29, 0.717) is 12.3 Å². The van der Waals surface area contributed by atoms with Gasteiger partial charge in [-0.2, -0.15) is 0 Å². The summed E-state index contributed by atoms with van der Waals surface area (Å²) in [7, 11) is 0. The fourth-order valence-corrected chi connectivity index (χ4v) is 1.58. The van der Waals surface area contributed by atoms with Crippen molar-refractivity contribution in [3.05, 3.63) is 36.5 Å². The van der Waals surface area contributed by atoms with Crippen molar-refractivity contribution in [2.75, 3.05) is 13.2 Å². The second kappa shape index (κ2) is 9.37. The van der Waals surface area contributed by atoms with Crippen LogP contribution in [0, 0.1) is 5.92 Å². The van der Waals surface area contributed by atoms with Crippen LogP contribution in [0.5, 0.6) is 0 Å². The Morgan fingerprint density at radius 2 is 2.06 bits per heavy atom. The third-order valence-electron chi connectivity index (χ3n) is 2.74. The number of hydrogen-bond donors (Lipinski definition) is 2. The van der Waals surface area contributed by atoms with Crippen molar-refractivity contribution >= 4 is 0 Å². The highest BCUT2D eigenvalue weighted by molar-refractivity contribution is 5.07. The minimum atomic E-state index is 0.0327. The van der Waals surface area contributed by atoms with E-state index in [9.17, 15) is 0 Å². The Balaban J connectivity index is 4.26. The normalized spacial score (nSPS) is 13.6. The number of rotatable bonds is 9. The highest BCUT2D eigenvalue weighted by Crippen LogP contribution is 2.21. The number of hydrogen-bond acceptors (Lipinski definition) is 2. The lowest BCUT2D eigenvalue weighted by atomic mass is 9.92. The molecule has 0 radical (unpaired) electrons. The Morgan fingerprint density at radius 1 is 1.38 bits per heavy atom. The summed E-state index contributed by atoms with van der Waals surface area (Å²) in [5, 5.41) is 17.9. The highest BCUT2D eigenvalue weighted by Gasteiger charge is 2.07. The Hall–Kier alpha value is -0.860. The largest absolute Gasteiger partial charge is 0.396 e. The molecule has 0 fully saturated rings. The minimum Gasteiger partial charge on any atom is -0.396 e. The van der Waals surface area contributed by atoms with Crippen LogP contribution in [-0.2, 0) is 0 Å². The summed E-state index contributed by atoms with van der Waals surface area (Å²) in [5.74, 6) is 0.443. The van der Waals surface area contributed by atoms with Crippen molar-refractivity contribution in [1.29, 1.82) is 0 Å². The molecule has 2 N–H and O–H groups in total. The second-order valence-corrected chi connectivity index (χ2v) is 4.14. The van der Waals surface area contributed by atoms with Crippen molar-refractivity contribution in [1.82, 2.24) is 0 Å². The summed E-state index contributed by atoms with van der Waals surface area (Å²) in [5.41, 5.74) is 2.08. The van der Waals surface area contributed by atoms with E-state index in [4.69, 9.17) is 10.2 Å². The lowest BCUT2D eigenvalue weighted by Crippen LogP contribution is -2.02. The summed E-state index contributed by atoms with van der Waals surface area (Å²) in [6, 6.07) is 0. The third-order valence-corrected chi connectivity index (χ3v) is 2.74. The summed E-state index contributed by atoms with van der Waals surface area (Å²) < 4.78 is 0. The van der Waals surface area contributed by atoms with Crippen LogP contribution in [0.15, 0.2) is 36.5 Å². The van der Waals surface area contributed by atoms with Crippen molar-refractivity contribution in [3.8, 4) is 0 Å². The summed E-state index contributed by atoms with van der Waals surface area (Å²) in [4.78, 5) is 0. The maximum absolute atomic E-state index is 9.07. The molecule has 0 aliphatic heterocycles. The molecule has 0 rings (SSSR count). The Morgan fingerprint density at radius 3 is 2.50 bits per heavy atom. The molecule has 0 aromatic carbocycles. The van der Waals surface area contributed by atoms with Crippen molar-refractivity contribution in [2.45, 2.75) is 32.6 Å². The maximum Gasteiger partial charge on any atom is 0.0642 e. The number of allylic oxidation sites excluding steroid dienone is 3. The first kappa shape index (κ1) is 15.1. The topological polar surface area (TPSA) is 40.5 Å². The molecule has 1 unspecified atom stereocenters. The SMILES string of the molecule is C=CCCC(C/C=C(/CO)CCO)C(=C)C. The molecule has 1 atom stereocenters. The molecule has 0 saturated heterocycles. The molecule has 2 heteroatoms. The molecule has 0 heterocycles. The van der Waals surface area contributed by atoms with Crippen LogP contribution < -0.4 is 0 Å². The standard InChI is InChI=1S/C14H24O2/c1-4-5-6-14(12(2)3)8-7-13(11-16)9-10-15/h4,7,14-16H,1-2,5-6,8-11H2,3H3/b13-7+. The van der Waals surface area contributed by atoms with Gasteiger partial charge in [0, 0.05) is 6.61 Å². The van der Waals surface area contributed by atoms with Gasteiger partial charge in [-0.3, -0.25) is 0 Å². The predicted molar refractivity (Wildman–Crippen MR) is 69.2 cm³/mol. The molecule has 0 bridgehead atoms.